The van der Waals surface area contributed by atoms with Crippen molar-refractivity contribution in [2.45, 2.75) is 46.6 Å². The molecule has 1 aromatic carbocycles. The summed E-state index contributed by atoms with van der Waals surface area (Å²) in [6, 6.07) is 8.06. The third-order valence-electron chi connectivity index (χ3n) is 4.44. The second-order valence-corrected chi connectivity index (χ2v) is 8.50. The van der Waals surface area contributed by atoms with E-state index in [0.29, 0.717) is 12.4 Å². The van der Waals surface area contributed by atoms with E-state index in [1.54, 1.807) is 11.8 Å². The number of fused-ring (bicyclic) bond motifs is 1. The zero-order valence-electron chi connectivity index (χ0n) is 15.4. The number of anilines is 1. The number of ether oxygens (including phenoxy) is 1. The van der Waals surface area contributed by atoms with Crippen LogP contribution in [-0.2, 0) is 9.53 Å². The molecule has 134 valence electrons. The van der Waals surface area contributed by atoms with E-state index >= 15 is 0 Å². The Bertz CT molecular complexity index is 720. The minimum absolute atomic E-state index is 0.118. The number of carbonyl (C=O) groups is 1. The Hall–Kier alpha value is -1.75. The maximum atomic E-state index is 12.1. The summed E-state index contributed by atoms with van der Waals surface area (Å²) in [5.41, 5.74) is 4.72. The average molecular weight is 359 g/mol. The highest BCUT2D eigenvalue weighted by Crippen LogP contribution is 2.43. The second kappa shape index (κ2) is 7.24. The summed E-state index contributed by atoms with van der Waals surface area (Å²) in [6.07, 6.45) is 1.87. The number of aliphatic imine (C=N–C) groups is 1. The van der Waals surface area contributed by atoms with Gasteiger partial charge in [0, 0.05) is 22.0 Å². The Morgan fingerprint density at radius 2 is 2.04 bits per heavy atom. The van der Waals surface area contributed by atoms with E-state index in [-0.39, 0.29) is 17.4 Å². The van der Waals surface area contributed by atoms with Crippen molar-refractivity contribution in [2.75, 3.05) is 17.7 Å². The molecule has 25 heavy (non-hydrogen) atoms. The highest BCUT2D eigenvalue weighted by atomic mass is 32.2. The van der Waals surface area contributed by atoms with E-state index in [2.05, 4.69) is 50.4 Å². The van der Waals surface area contributed by atoms with E-state index in [4.69, 9.17) is 9.73 Å². The lowest BCUT2D eigenvalue weighted by atomic mass is 9.78. The highest BCUT2D eigenvalue weighted by molar-refractivity contribution is 8.04. The number of hydrogen-bond donors (Lipinski definition) is 1. The van der Waals surface area contributed by atoms with Crippen molar-refractivity contribution >= 4 is 29.1 Å². The molecule has 2 aliphatic rings. The van der Waals surface area contributed by atoms with Crippen LogP contribution in [0, 0.1) is 12.3 Å². The quantitative estimate of drug-likeness (QED) is 0.802. The Morgan fingerprint density at radius 3 is 2.72 bits per heavy atom. The van der Waals surface area contributed by atoms with Crippen LogP contribution in [0.2, 0.25) is 0 Å². The molecule has 0 bridgehead atoms. The van der Waals surface area contributed by atoms with Gasteiger partial charge in [-0.1, -0.05) is 31.5 Å². The summed E-state index contributed by atoms with van der Waals surface area (Å²) in [6.45, 7) is 8.83. The first kappa shape index (κ1) is 18.1. The molecule has 0 fully saturated rings. The number of nitrogens with one attached hydrogen (secondary N) is 1. The van der Waals surface area contributed by atoms with Crippen molar-refractivity contribution in [2.24, 2.45) is 10.4 Å². The highest BCUT2D eigenvalue weighted by Gasteiger charge is 2.36. The lowest BCUT2D eigenvalue weighted by Gasteiger charge is -2.36. The summed E-state index contributed by atoms with van der Waals surface area (Å²) >= 11 is 1.73. The third kappa shape index (κ3) is 4.27. The van der Waals surface area contributed by atoms with Crippen LogP contribution in [0.15, 0.2) is 39.9 Å². The molecule has 1 aliphatic heterocycles. The number of benzene rings is 1. The molecule has 0 radical (unpaired) electrons. The van der Waals surface area contributed by atoms with Crippen LogP contribution in [0.1, 0.15) is 39.2 Å². The average Bonchev–Trinajstić information content (AvgIpc) is 2.55. The molecule has 0 unspecified atom stereocenters. The number of carbonyl (C=O) groups excluding carboxylic acids is 1. The lowest BCUT2D eigenvalue weighted by Crippen LogP contribution is -2.34. The van der Waals surface area contributed by atoms with Gasteiger partial charge in [-0.05, 0) is 44.2 Å². The zero-order valence-corrected chi connectivity index (χ0v) is 16.2. The monoisotopic (exact) mass is 358 g/mol. The van der Waals surface area contributed by atoms with Crippen LogP contribution in [0.3, 0.4) is 0 Å². The van der Waals surface area contributed by atoms with Crippen LogP contribution in [-0.4, -0.2) is 30.1 Å². The van der Waals surface area contributed by atoms with Crippen molar-refractivity contribution < 1.29 is 9.53 Å². The SMILES string of the molecule is CCOC(=O)[C@@H]1CSC2=C(Nc3ccc(C)cc3)CC(C)(C)CC2=N1. The Morgan fingerprint density at radius 1 is 1.32 bits per heavy atom. The topological polar surface area (TPSA) is 50.7 Å². The molecule has 0 saturated carbocycles. The predicted molar refractivity (Wildman–Crippen MR) is 105 cm³/mol. The van der Waals surface area contributed by atoms with E-state index in [0.717, 1.165) is 24.2 Å². The molecule has 5 heteroatoms. The van der Waals surface area contributed by atoms with Crippen molar-refractivity contribution in [3.8, 4) is 0 Å². The second-order valence-electron chi connectivity index (χ2n) is 7.47. The smallest absolute Gasteiger partial charge is 0.331 e. The first-order valence-corrected chi connectivity index (χ1v) is 9.80. The number of nitrogens with zero attached hydrogens (tertiary/aromatic N) is 1. The number of aryl methyl sites for hydroxylation is 1. The summed E-state index contributed by atoms with van der Waals surface area (Å²) in [5.74, 6) is 0.440. The Labute approximate surface area is 154 Å². The van der Waals surface area contributed by atoms with Gasteiger partial charge < -0.3 is 10.1 Å². The molecule has 0 amide bonds. The molecule has 1 aromatic rings. The number of thioether (sulfide) groups is 1. The van der Waals surface area contributed by atoms with Crippen LogP contribution in [0.4, 0.5) is 5.69 Å². The molecule has 4 nitrogen and oxygen atoms in total. The largest absolute Gasteiger partial charge is 0.464 e. The first-order chi connectivity index (χ1) is 11.9. The Kier molecular flexibility index (Phi) is 5.23. The Balaban J connectivity index is 1.89. The predicted octanol–water partition coefficient (Wildman–Crippen LogP) is 4.56. The van der Waals surface area contributed by atoms with E-state index in [1.165, 1.54) is 16.2 Å². The normalized spacial score (nSPS) is 22.1. The van der Waals surface area contributed by atoms with Gasteiger partial charge in [0.05, 0.1) is 12.3 Å². The van der Waals surface area contributed by atoms with E-state index in [1.807, 2.05) is 6.92 Å². The fraction of sp³-hybridized carbons (Fsp3) is 0.500. The van der Waals surface area contributed by atoms with Gasteiger partial charge in [0.25, 0.3) is 0 Å². The third-order valence-corrected chi connectivity index (χ3v) is 5.69. The molecular formula is C20H26N2O2S. The first-order valence-electron chi connectivity index (χ1n) is 8.81. The minimum Gasteiger partial charge on any atom is -0.464 e. The molecule has 3 rings (SSSR count). The van der Waals surface area contributed by atoms with Crippen molar-refractivity contribution in [3.05, 3.63) is 40.4 Å². The van der Waals surface area contributed by atoms with E-state index in [9.17, 15) is 4.79 Å². The van der Waals surface area contributed by atoms with Gasteiger partial charge in [-0.15, -0.1) is 11.8 Å². The van der Waals surface area contributed by atoms with Gasteiger partial charge in [0.15, 0.2) is 6.04 Å². The summed E-state index contributed by atoms with van der Waals surface area (Å²) in [5, 5.41) is 3.59. The molecule has 0 saturated heterocycles. The molecule has 0 aromatic heterocycles. The van der Waals surface area contributed by atoms with Gasteiger partial charge in [-0.2, -0.15) is 0 Å². The molecule has 0 spiro atoms. The number of hydrogen-bond acceptors (Lipinski definition) is 5. The maximum Gasteiger partial charge on any atom is 0.331 e. The van der Waals surface area contributed by atoms with Crippen LogP contribution >= 0.6 is 11.8 Å². The molecule has 1 aliphatic carbocycles. The molecule has 1 N–H and O–H groups in total. The van der Waals surface area contributed by atoms with Crippen molar-refractivity contribution in [1.82, 2.24) is 0 Å². The van der Waals surface area contributed by atoms with Gasteiger partial charge in [0.1, 0.15) is 0 Å². The van der Waals surface area contributed by atoms with Crippen LogP contribution in [0.5, 0.6) is 0 Å². The van der Waals surface area contributed by atoms with Crippen molar-refractivity contribution in [3.63, 3.8) is 0 Å². The van der Waals surface area contributed by atoms with E-state index < -0.39 is 0 Å². The maximum absolute atomic E-state index is 12.1. The summed E-state index contributed by atoms with van der Waals surface area (Å²) in [7, 11) is 0. The molecule has 1 heterocycles. The summed E-state index contributed by atoms with van der Waals surface area (Å²) in [4.78, 5) is 18.0. The van der Waals surface area contributed by atoms with Gasteiger partial charge >= 0.3 is 5.97 Å². The van der Waals surface area contributed by atoms with Crippen molar-refractivity contribution in [1.29, 1.82) is 0 Å². The van der Waals surface area contributed by atoms with Crippen LogP contribution in [0.25, 0.3) is 0 Å². The number of allylic oxidation sites excluding steroid dienone is 2. The lowest BCUT2D eigenvalue weighted by molar-refractivity contribution is -0.143. The fourth-order valence-corrected chi connectivity index (χ4v) is 4.39. The molecule has 1 atom stereocenters. The van der Waals surface area contributed by atoms with Crippen LogP contribution < -0.4 is 5.32 Å². The zero-order chi connectivity index (χ0) is 18.0. The summed E-state index contributed by atoms with van der Waals surface area (Å²) < 4.78 is 5.16. The van der Waals surface area contributed by atoms with Gasteiger partial charge in [-0.3, -0.25) is 4.99 Å². The van der Waals surface area contributed by atoms with Gasteiger partial charge in [0.2, 0.25) is 0 Å². The van der Waals surface area contributed by atoms with Gasteiger partial charge in [-0.25, -0.2) is 4.79 Å². The molecular weight excluding hydrogens is 332 g/mol. The fourth-order valence-electron chi connectivity index (χ4n) is 3.26. The minimum atomic E-state index is -0.377. The number of rotatable bonds is 4. The number of esters is 1. The standard InChI is InChI=1S/C20H26N2O2S/c1-5-24-19(23)17-12-25-18-15(10-20(3,4)11-16(18)22-17)21-14-8-6-13(2)7-9-14/h6-9,17,21H,5,10-12H2,1-4H3/t17-/m0/s1.